The van der Waals surface area contributed by atoms with Crippen molar-refractivity contribution in [1.82, 2.24) is 0 Å². The van der Waals surface area contributed by atoms with E-state index < -0.39 is 0 Å². The molecule has 1 heterocycles. The van der Waals surface area contributed by atoms with Crippen molar-refractivity contribution in [1.29, 1.82) is 0 Å². The highest BCUT2D eigenvalue weighted by Crippen LogP contribution is 2.22. The molecule has 0 N–H and O–H groups in total. The van der Waals surface area contributed by atoms with Crippen molar-refractivity contribution in [2.45, 2.75) is 38.7 Å². The van der Waals surface area contributed by atoms with Crippen LogP contribution in [0.5, 0.6) is 0 Å². The second-order valence-corrected chi connectivity index (χ2v) is 3.53. The van der Waals surface area contributed by atoms with Gasteiger partial charge in [0.25, 0.3) is 0 Å². The lowest BCUT2D eigenvalue weighted by Crippen LogP contribution is -2.30. The highest BCUT2D eigenvalue weighted by molar-refractivity contribution is 4.72. The SMILES string of the molecule is CCC(COC)C1CCCCO1. The summed E-state index contributed by atoms with van der Waals surface area (Å²) in [6, 6.07) is 0. The minimum Gasteiger partial charge on any atom is -0.384 e. The van der Waals surface area contributed by atoms with Gasteiger partial charge in [-0.3, -0.25) is 0 Å². The topological polar surface area (TPSA) is 18.5 Å². The Kier molecular flexibility index (Phi) is 4.62. The van der Waals surface area contributed by atoms with Crippen LogP contribution in [0.3, 0.4) is 0 Å². The molecule has 0 radical (unpaired) electrons. The van der Waals surface area contributed by atoms with Gasteiger partial charge in [0.05, 0.1) is 12.7 Å². The van der Waals surface area contributed by atoms with Crippen LogP contribution in [-0.4, -0.2) is 26.4 Å². The summed E-state index contributed by atoms with van der Waals surface area (Å²) in [7, 11) is 1.77. The Morgan fingerprint density at radius 3 is 2.83 bits per heavy atom. The molecule has 0 bridgehead atoms. The molecule has 0 aromatic rings. The van der Waals surface area contributed by atoms with Crippen LogP contribution in [0.4, 0.5) is 0 Å². The zero-order chi connectivity index (χ0) is 8.81. The molecular formula is C10H20O2. The summed E-state index contributed by atoms with van der Waals surface area (Å²) in [5.41, 5.74) is 0. The van der Waals surface area contributed by atoms with Crippen LogP contribution in [0, 0.1) is 5.92 Å². The van der Waals surface area contributed by atoms with Crippen molar-refractivity contribution in [2.24, 2.45) is 5.92 Å². The van der Waals surface area contributed by atoms with Crippen LogP contribution in [0.15, 0.2) is 0 Å². The van der Waals surface area contributed by atoms with Crippen molar-refractivity contribution in [3.8, 4) is 0 Å². The van der Waals surface area contributed by atoms with Gasteiger partial charge in [-0.1, -0.05) is 6.92 Å². The van der Waals surface area contributed by atoms with Crippen LogP contribution in [-0.2, 0) is 9.47 Å². The molecular weight excluding hydrogens is 152 g/mol. The Balaban J connectivity index is 2.29. The van der Waals surface area contributed by atoms with Gasteiger partial charge < -0.3 is 9.47 Å². The number of hydrogen-bond donors (Lipinski definition) is 0. The molecule has 0 saturated carbocycles. The van der Waals surface area contributed by atoms with Gasteiger partial charge in [0.15, 0.2) is 0 Å². The first-order valence-electron chi connectivity index (χ1n) is 4.99. The van der Waals surface area contributed by atoms with Gasteiger partial charge >= 0.3 is 0 Å². The van der Waals surface area contributed by atoms with Crippen LogP contribution in [0.1, 0.15) is 32.6 Å². The molecule has 0 aromatic carbocycles. The van der Waals surface area contributed by atoms with E-state index >= 15 is 0 Å². The smallest absolute Gasteiger partial charge is 0.0625 e. The molecule has 1 rings (SSSR count). The van der Waals surface area contributed by atoms with E-state index in [1.807, 2.05) is 0 Å². The summed E-state index contributed by atoms with van der Waals surface area (Å²) in [5.74, 6) is 0.607. The van der Waals surface area contributed by atoms with Crippen LogP contribution in [0.2, 0.25) is 0 Å². The highest BCUT2D eigenvalue weighted by atomic mass is 16.5. The second-order valence-electron chi connectivity index (χ2n) is 3.53. The van der Waals surface area contributed by atoms with Gasteiger partial charge in [-0.05, 0) is 25.7 Å². The zero-order valence-electron chi connectivity index (χ0n) is 8.21. The summed E-state index contributed by atoms with van der Waals surface area (Å²) in [5, 5.41) is 0. The van der Waals surface area contributed by atoms with Crippen LogP contribution >= 0.6 is 0 Å². The summed E-state index contributed by atoms with van der Waals surface area (Å²) in [6.07, 6.45) is 5.41. The standard InChI is InChI=1S/C10H20O2/c1-3-9(8-11-2)10-6-4-5-7-12-10/h9-10H,3-8H2,1-2H3. The first-order chi connectivity index (χ1) is 5.88. The lowest BCUT2D eigenvalue weighted by atomic mass is 9.94. The van der Waals surface area contributed by atoms with Crippen LogP contribution in [0.25, 0.3) is 0 Å². The number of ether oxygens (including phenoxy) is 2. The third-order valence-electron chi connectivity index (χ3n) is 2.65. The van der Waals surface area contributed by atoms with Crippen molar-refractivity contribution < 1.29 is 9.47 Å². The van der Waals surface area contributed by atoms with Gasteiger partial charge in [0.2, 0.25) is 0 Å². The Labute approximate surface area is 75.2 Å². The zero-order valence-corrected chi connectivity index (χ0v) is 8.21. The van der Waals surface area contributed by atoms with Gasteiger partial charge in [-0.15, -0.1) is 0 Å². The normalized spacial score (nSPS) is 27.0. The fourth-order valence-corrected chi connectivity index (χ4v) is 1.84. The Hall–Kier alpha value is -0.0800. The van der Waals surface area contributed by atoms with E-state index in [4.69, 9.17) is 9.47 Å². The molecule has 1 saturated heterocycles. The quantitative estimate of drug-likeness (QED) is 0.647. The predicted octanol–water partition coefficient (Wildman–Crippen LogP) is 2.23. The molecule has 72 valence electrons. The predicted molar refractivity (Wildman–Crippen MR) is 49.2 cm³/mol. The number of hydrogen-bond acceptors (Lipinski definition) is 2. The number of rotatable bonds is 4. The number of methoxy groups -OCH3 is 1. The molecule has 0 spiro atoms. The maximum Gasteiger partial charge on any atom is 0.0625 e. The van der Waals surface area contributed by atoms with E-state index in [2.05, 4.69) is 6.92 Å². The van der Waals surface area contributed by atoms with E-state index in [1.165, 1.54) is 25.7 Å². The summed E-state index contributed by atoms with van der Waals surface area (Å²) in [4.78, 5) is 0. The van der Waals surface area contributed by atoms with Crippen molar-refractivity contribution in [3.05, 3.63) is 0 Å². The summed E-state index contributed by atoms with van der Waals surface area (Å²) < 4.78 is 10.9. The Morgan fingerprint density at radius 1 is 1.50 bits per heavy atom. The monoisotopic (exact) mass is 172 g/mol. The van der Waals surface area contributed by atoms with E-state index in [-0.39, 0.29) is 0 Å². The highest BCUT2D eigenvalue weighted by Gasteiger charge is 2.22. The van der Waals surface area contributed by atoms with Gasteiger partial charge in [-0.2, -0.15) is 0 Å². The molecule has 12 heavy (non-hydrogen) atoms. The maximum atomic E-state index is 5.70. The van der Waals surface area contributed by atoms with E-state index in [1.54, 1.807) is 7.11 Å². The van der Waals surface area contributed by atoms with Crippen LogP contribution < -0.4 is 0 Å². The summed E-state index contributed by atoms with van der Waals surface area (Å²) in [6.45, 7) is 4.01. The summed E-state index contributed by atoms with van der Waals surface area (Å²) >= 11 is 0. The fourth-order valence-electron chi connectivity index (χ4n) is 1.84. The molecule has 0 aromatic heterocycles. The third-order valence-corrected chi connectivity index (χ3v) is 2.65. The van der Waals surface area contributed by atoms with Gasteiger partial charge in [0, 0.05) is 19.6 Å². The lowest BCUT2D eigenvalue weighted by Gasteiger charge is -2.29. The first kappa shape index (κ1) is 10.0. The minimum atomic E-state index is 0.462. The average molecular weight is 172 g/mol. The Bertz CT molecular complexity index is 106. The van der Waals surface area contributed by atoms with Crippen molar-refractivity contribution >= 4 is 0 Å². The molecule has 1 fully saturated rings. The first-order valence-corrected chi connectivity index (χ1v) is 4.99. The van der Waals surface area contributed by atoms with E-state index in [0.717, 1.165) is 13.2 Å². The van der Waals surface area contributed by atoms with Crippen molar-refractivity contribution in [3.63, 3.8) is 0 Å². The van der Waals surface area contributed by atoms with E-state index in [9.17, 15) is 0 Å². The Morgan fingerprint density at radius 2 is 2.33 bits per heavy atom. The average Bonchev–Trinajstić information content (AvgIpc) is 2.15. The molecule has 2 heteroatoms. The molecule has 0 amide bonds. The second kappa shape index (κ2) is 5.55. The maximum absolute atomic E-state index is 5.70. The molecule has 2 unspecified atom stereocenters. The van der Waals surface area contributed by atoms with Gasteiger partial charge in [0.1, 0.15) is 0 Å². The lowest BCUT2D eigenvalue weighted by molar-refractivity contribution is -0.0421. The van der Waals surface area contributed by atoms with E-state index in [0.29, 0.717) is 12.0 Å². The van der Waals surface area contributed by atoms with Crippen molar-refractivity contribution in [2.75, 3.05) is 20.3 Å². The molecule has 2 atom stereocenters. The largest absolute Gasteiger partial charge is 0.384 e. The molecule has 2 nitrogen and oxygen atoms in total. The molecule has 1 aliphatic heterocycles. The molecule has 1 aliphatic rings. The van der Waals surface area contributed by atoms with Gasteiger partial charge in [-0.25, -0.2) is 0 Å². The minimum absolute atomic E-state index is 0.462. The fraction of sp³-hybridized carbons (Fsp3) is 1.00. The molecule has 0 aliphatic carbocycles. The third kappa shape index (κ3) is 2.76.